The zero-order chi connectivity index (χ0) is 9.05. The summed E-state index contributed by atoms with van der Waals surface area (Å²) < 4.78 is 0.0169. The van der Waals surface area contributed by atoms with Gasteiger partial charge < -0.3 is 5.11 Å². The van der Waals surface area contributed by atoms with E-state index >= 15 is 0 Å². The number of carboxylic acid groups (broad SMARTS) is 1. The van der Waals surface area contributed by atoms with Crippen LogP contribution in [0, 0.1) is 0 Å². The highest BCUT2D eigenvalue weighted by Crippen LogP contribution is 2.58. The molecule has 3 heterocycles. The SMILES string of the molecule is O=C(O)C1CSC23SCCN2CN13. The Kier molecular flexibility index (Phi) is 1.66. The molecule has 0 aromatic carbocycles. The second kappa shape index (κ2) is 2.56. The summed E-state index contributed by atoms with van der Waals surface area (Å²) in [6.45, 7) is 1.96. The summed E-state index contributed by atoms with van der Waals surface area (Å²) in [4.78, 5) is 15.4. The highest BCUT2D eigenvalue weighted by molar-refractivity contribution is 8.18. The molecule has 2 unspecified atom stereocenters. The fourth-order valence-electron chi connectivity index (χ4n) is 2.13. The van der Waals surface area contributed by atoms with E-state index in [9.17, 15) is 4.79 Å². The van der Waals surface area contributed by atoms with Crippen LogP contribution in [0.2, 0.25) is 0 Å². The normalized spacial score (nSPS) is 44.2. The van der Waals surface area contributed by atoms with E-state index in [0.717, 1.165) is 24.7 Å². The summed E-state index contributed by atoms with van der Waals surface area (Å²) in [6.07, 6.45) is 0. The minimum absolute atomic E-state index is 0.0169. The first-order chi connectivity index (χ1) is 6.24. The van der Waals surface area contributed by atoms with Crippen molar-refractivity contribution in [1.82, 2.24) is 9.80 Å². The molecule has 6 heteroatoms. The molecule has 2 atom stereocenters. The van der Waals surface area contributed by atoms with Gasteiger partial charge in [-0.1, -0.05) is 0 Å². The average Bonchev–Trinajstić information content (AvgIpc) is 2.54. The van der Waals surface area contributed by atoms with Crippen molar-refractivity contribution in [2.75, 3.05) is 24.7 Å². The third kappa shape index (κ3) is 0.895. The van der Waals surface area contributed by atoms with Gasteiger partial charge in [0.25, 0.3) is 0 Å². The Balaban J connectivity index is 1.86. The maximum absolute atomic E-state index is 10.9. The topological polar surface area (TPSA) is 43.8 Å². The first kappa shape index (κ1) is 8.40. The van der Waals surface area contributed by atoms with E-state index in [-0.39, 0.29) is 10.4 Å². The molecule has 3 fully saturated rings. The molecule has 4 nitrogen and oxygen atoms in total. The number of carboxylic acids is 1. The van der Waals surface area contributed by atoms with Crippen LogP contribution in [0.4, 0.5) is 0 Å². The maximum atomic E-state index is 10.9. The smallest absolute Gasteiger partial charge is 0.321 e. The molecule has 0 aliphatic carbocycles. The van der Waals surface area contributed by atoms with Gasteiger partial charge in [-0.3, -0.25) is 9.69 Å². The third-order valence-corrected chi connectivity index (χ3v) is 6.14. The molecule has 1 N–H and O–H groups in total. The molecule has 0 aromatic heterocycles. The van der Waals surface area contributed by atoms with E-state index in [1.54, 1.807) is 11.8 Å². The minimum atomic E-state index is -0.670. The Bertz CT molecular complexity index is 275. The van der Waals surface area contributed by atoms with E-state index < -0.39 is 5.97 Å². The van der Waals surface area contributed by atoms with Crippen molar-refractivity contribution in [2.45, 2.75) is 10.4 Å². The molecular weight excluding hydrogens is 208 g/mol. The molecule has 0 aromatic rings. The number of aliphatic carboxylic acids is 1. The Morgan fingerprint density at radius 2 is 2.38 bits per heavy atom. The van der Waals surface area contributed by atoms with Crippen LogP contribution in [0.25, 0.3) is 0 Å². The predicted molar refractivity (Wildman–Crippen MR) is 52.5 cm³/mol. The molecule has 3 aliphatic rings. The summed E-state index contributed by atoms with van der Waals surface area (Å²) in [5, 5.41) is 8.97. The molecule has 0 amide bonds. The van der Waals surface area contributed by atoms with E-state index in [0.29, 0.717) is 0 Å². The quantitative estimate of drug-likeness (QED) is 0.674. The van der Waals surface area contributed by atoms with E-state index in [4.69, 9.17) is 5.11 Å². The van der Waals surface area contributed by atoms with Gasteiger partial charge >= 0.3 is 5.97 Å². The average molecular weight is 218 g/mol. The van der Waals surface area contributed by atoms with Crippen LogP contribution in [-0.2, 0) is 4.79 Å². The van der Waals surface area contributed by atoms with Crippen LogP contribution in [0.5, 0.6) is 0 Å². The van der Waals surface area contributed by atoms with Gasteiger partial charge in [0, 0.05) is 18.1 Å². The molecule has 3 saturated heterocycles. The molecule has 3 aliphatic heterocycles. The highest BCUT2D eigenvalue weighted by atomic mass is 32.2. The van der Waals surface area contributed by atoms with Gasteiger partial charge in [0.1, 0.15) is 6.04 Å². The number of hydrogen-bond donors (Lipinski definition) is 1. The molecule has 0 saturated carbocycles. The lowest BCUT2D eigenvalue weighted by Crippen LogP contribution is -2.68. The predicted octanol–water partition coefficient (Wildman–Crippen LogP) is 0.120. The lowest BCUT2D eigenvalue weighted by atomic mass is 10.2. The van der Waals surface area contributed by atoms with Crippen LogP contribution in [-0.4, -0.2) is 56.0 Å². The number of nitrogens with zero attached hydrogens (tertiary/aromatic N) is 2. The monoisotopic (exact) mass is 218 g/mol. The summed E-state index contributed by atoms with van der Waals surface area (Å²) in [7, 11) is 0. The number of carbonyl (C=O) groups is 1. The molecule has 72 valence electrons. The molecule has 0 bridgehead atoms. The first-order valence-electron chi connectivity index (χ1n) is 4.26. The summed E-state index contributed by atoms with van der Waals surface area (Å²) >= 11 is 3.66. The van der Waals surface area contributed by atoms with Crippen molar-refractivity contribution >= 4 is 29.5 Å². The largest absolute Gasteiger partial charge is 0.480 e. The van der Waals surface area contributed by atoms with Gasteiger partial charge in [-0.05, 0) is 0 Å². The molecule has 3 rings (SSSR count). The zero-order valence-corrected chi connectivity index (χ0v) is 8.61. The van der Waals surface area contributed by atoms with E-state index in [1.807, 2.05) is 11.8 Å². The third-order valence-electron chi connectivity index (χ3n) is 2.83. The summed E-state index contributed by atoms with van der Waals surface area (Å²) in [5.41, 5.74) is 0. The molecule has 1 spiro atoms. The second-order valence-corrected chi connectivity index (χ2v) is 6.15. The van der Waals surface area contributed by atoms with Crippen molar-refractivity contribution < 1.29 is 9.90 Å². The van der Waals surface area contributed by atoms with Gasteiger partial charge in [0.15, 0.2) is 4.33 Å². The maximum Gasteiger partial charge on any atom is 0.321 e. The molecule has 0 radical (unpaired) electrons. The first-order valence-corrected chi connectivity index (χ1v) is 6.24. The van der Waals surface area contributed by atoms with Crippen molar-refractivity contribution in [2.24, 2.45) is 0 Å². The summed E-state index contributed by atoms with van der Waals surface area (Å²) in [6, 6.07) is -0.258. The van der Waals surface area contributed by atoms with Crippen molar-refractivity contribution in [3.63, 3.8) is 0 Å². The van der Waals surface area contributed by atoms with Crippen LogP contribution in [0.15, 0.2) is 0 Å². The molecule has 13 heavy (non-hydrogen) atoms. The fourth-order valence-corrected chi connectivity index (χ4v) is 5.56. The van der Waals surface area contributed by atoms with Gasteiger partial charge in [0.05, 0.1) is 6.67 Å². The Hall–Kier alpha value is 0.0900. The minimum Gasteiger partial charge on any atom is -0.480 e. The van der Waals surface area contributed by atoms with Crippen molar-refractivity contribution in [1.29, 1.82) is 0 Å². The lowest BCUT2D eigenvalue weighted by Gasteiger charge is -2.52. The van der Waals surface area contributed by atoms with Crippen LogP contribution < -0.4 is 0 Å². The van der Waals surface area contributed by atoms with Crippen LogP contribution >= 0.6 is 23.5 Å². The van der Waals surface area contributed by atoms with Crippen molar-refractivity contribution in [3.8, 4) is 0 Å². The Morgan fingerprint density at radius 1 is 1.54 bits per heavy atom. The van der Waals surface area contributed by atoms with E-state index in [2.05, 4.69) is 9.80 Å². The van der Waals surface area contributed by atoms with E-state index in [1.165, 1.54) is 0 Å². The van der Waals surface area contributed by atoms with Crippen LogP contribution in [0.1, 0.15) is 0 Å². The summed E-state index contributed by atoms with van der Waals surface area (Å²) in [5.74, 6) is 1.20. The lowest BCUT2D eigenvalue weighted by molar-refractivity contribution is -0.153. The van der Waals surface area contributed by atoms with Crippen molar-refractivity contribution in [3.05, 3.63) is 0 Å². The van der Waals surface area contributed by atoms with Gasteiger partial charge in [-0.25, -0.2) is 4.90 Å². The molecular formula is C7H10N2O2S2. The van der Waals surface area contributed by atoms with Gasteiger partial charge in [-0.15, -0.1) is 23.5 Å². The number of rotatable bonds is 1. The number of hydrogen-bond acceptors (Lipinski definition) is 5. The van der Waals surface area contributed by atoms with Gasteiger partial charge in [0.2, 0.25) is 0 Å². The van der Waals surface area contributed by atoms with Crippen LogP contribution in [0.3, 0.4) is 0 Å². The number of thioether (sulfide) groups is 2. The fraction of sp³-hybridized carbons (Fsp3) is 0.857. The highest BCUT2D eigenvalue weighted by Gasteiger charge is 2.63. The second-order valence-electron chi connectivity index (χ2n) is 3.44. The Morgan fingerprint density at radius 3 is 3.08 bits per heavy atom. The zero-order valence-electron chi connectivity index (χ0n) is 6.97. The Labute approximate surface area is 84.6 Å². The van der Waals surface area contributed by atoms with Gasteiger partial charge in [-0.2, -0.15) is 0 Å². The standard InChI is InChI=1S/C7H10N2O2S2/c10-6(11)5-3-13-7-8(1-2-12-7)4-9(5)7/h5H,1-4H2,(H,10,11).